The van der Waals surface area contributed by atoms with Crippen molar-refractivity contribution in [3.8, 4) is 5.75 Å². The number of Topliss-reactive ketones (excluding diaryl/α,β-unsaturated/α-hetero) is 1. The molecule has 0 saturated heterocycles. The first-order valence-electron chi connectivity index (χ1n) is 6.71. The summed E-state index contributed by atoms with van der Waals surface area (Å²) in [6.07, 6.45) is 0.904. The molecule has 0 N–H and O–H groups in total. The molecule has 0 spiro atoms. The van der Waals surface area contributed by atoms with E-state index in [1.807, 2.05) is 30.1 Å². The first-order valence-corrected chi connectivity index (χ1v) is 7.65. The normalized spacial score (nSPS) is 13.3. The Morgan fingerprint density at radius 3 is 3.10 bits per heavy atom. The van der Waals surface area contributed by atoms with Crippen LogP contribution in [0.15, 0.2) is 35.0 Å². The predicted octanol–water partition coefficient (Wildman–Crippen LogP) is 3.00. The third-order valence-corrected chi connectivity index (χ3v) is 4.19. The highest BCUT2D eigenvalue weighted by atomic mass is 32.1. The number of rotatable bonds is 5. The van der Waals surface area contributed by atoms with Crippen LogP contribution in [-0.2, 0) is 13.0 Å². The van der Waals surface area contributed by atoms with Crippen molar-refractivity contribution in [1.29, 1.82) is 0 Å². The summed E-state index contributed by atoms with van der Waals surface area (Å²) in [6, 6.07) is 7.85. The maximum Gasteiger partial charge on any atom is 0.176 e. The summed E-state index contributed by atoms with van der Waals surface area (Å²) in [6.45, 7) is 1.98. The van der Waals surface area contributed by atoms with E-state index in [0.29, 0.717) is 6.54 Å². The van der Waals surface area contributed by atoms with Crippen molar-refractivity contribution in [2.24, 2.45) is 0 Å². The SMILES string of the molecule is CN(CC(=O)c1ccc2c(c1)CCO2)Cc1ccsc1. The lowest BCUT2D eigenvalue weighted by atomic mass is 10.1. The standard InChI is InChI=1S/C16H17NO2S/c1-17(9-12-5-7-20-11-12)10-15(18)13-2-3-16-14(8-13)4-6-19-16/h2-3,5,7-8,11H,4,6,9-10H2,1H3. The van der Waals surface area contributed by atoms with Crippen molar-refractivity contribution in [2.75, 3.05) is 20.2 Å². The van der Waals surface area contributed by atoms with E-state index >= 15 is 0 Å². The summed E-state index contributed by atoms with van der Waals surface area (Å²) in [7, 11) is 1.98. The molecule has 0 saturated carbocycles. The number of nitrogens with zero attached hydrogens (tertiary/aromatic N) is 1. The van der Waals surface area contributed by atoms with Gasteiger partial charge in [0.25, 0.3) is 0 Å². The maximum atomic E-state index is 12.3. The van der Waals surface area contributed by atoms with Crippen molar-refractivity contribution in [2.45, 2.75) is 13.0 Å². The lowest BCUT2D eigenvalue weighted by Crippen LogP contribution is -2.25. The second-order valence-corrected chi connectivity index (χ2v) is 5.93. The second kappa shape index (κ2) is 5.77. The molecule has 0 fully saturated rings. The van der Waals surface area contributed by atoms with E-state index < -0.39 is 0 Å². The molecule has 0 bridgehead atoms. The van der Waals surface area contributed by atoms with Crippen LogP contribution in [0.4, 0.5) is 0 Å². The summed E-state index contributed by atoms with van der Waals surface area (Å²) in [5.41, 5.74) is 3.19. The minimum Gasteiger partial charge on any atom is -0.493 e. The highest BCUT2D eigenvalue weighted by Gasteiger charge is 2.16. The topological polar surface area (TPSA) is 29.5 Å². The highest BCUT2D eigenvalue weighted by Crippen LogP contribution is 2.26. The molecule has 0 amide bonds. The van der Waals surface area contributed by atoms with Crippen LogP contribution in [0.1, 0.15) is 21.5 Å². The minimum absolute atomic E-state index is 0.164. The van der Waals surface area contributed by atoms with E-state index in [0.717, 1.165) is 36.4 Å². The Balaban J connectivity index is 1.64. The molecule has 1 aliphatic rings. The molecule has 0 radical (unpaired) electrons. The van der Waals surface area contributed by atoms with Gasteiger partial charge >= 0.3 is 0 Å². The van der Waals surface area contributed by atoms with Crippen molar-refractivity contribution < 1.29 is 9.53 Å². The van der Waals surface area contributed by atoms with Gasteiger partial charge in [0.1, 0.15) is 5.75 Å². The fourth-order valence-electron chi connectivity index (χ4n) is 2.45. The average Bonchev–Trinajstić information content (AvgIpc) is 3.07. The van der Waals surface area contributed by atoms with Crippen LogP contribution >= 0.6 is 11.3 Å². The van der Waals surface area contributed by atoms with Gasteiger partial charge in [-0.2, -0.15) is 11.3 Å². The van der Waals surface area contributed by atoms with E-state index in [9.17, 15) is 4.79 Å². The molecule has 3 rings (SSSR count). The van der Waals surface area contributed by atoms with Gasteiger partial charge in [0.15, 0.2) is 5.78 Å². The summed E-state index contributed by atoms with van der Waals surface area (Å²) >= 11 is 1.68. The molecule has 20 heavy (non-hydrogen) atoms. The molecular weight excluding hydrogens is 270 g/mol. The Labute approximate surface area is 122 Å². The fourth-order valence-corrected chi connectivity index (χ4v) is 3.11. The monoisotopic (exact) mass is 287 g/mol. The molecule has 0 atom stereocenters. The molecule has 3 nitrogen and oxygen atoms in total. The number of ether oxygens (including phenoxy) is 1. The molecule has 4 heteroatoms. The number of benzene rings is 1. The van der Waals surface area contributed by atoms with Gasteiger partial charge in [-0.15, -0.1) is 0 Å². The predicted molar refractivity (Wildman–Crippen MR) is 80.6 cm³/mol. The minimum atomic E-state index is 0.164. The first kappa shape index (κ1) is 13.3. The largest absolute Gasteiger partial charge is 0.493 e. The second-order valence-electron chi connectivity index (χ2n) is 5.15. The fraction of sp³-hybridized carbons (Fsp3) is 0.312. The number of ketones is 1. The molecule has 1 aromatic heterocycles. The third kappa shape index (κ3) is 2.92. The van der Waals surface area contributed by atoms with Crippen LogP contribution in [0.5, 0.6) is 5.75 Å². The zero-order chi connectivity index (χ0) is 13.9. The molecule has 1 aromatic carbocycles. The molecule has 0 aliphatic carbocycles. The summed E-state index contributed by atoms with van der Waals surface area (Å²) < 4.78 is 5.46. The number of fused-ring (bicyclic) bond motifs is 1. The Bertz CT molecular complexity index is 607. The van der Waals surface area contributed by atoms with E-state index in [1.165, 1.54) is 5.56 Å². The Kier molecular flexibility index (Phi) is 3.85. The lowest BCUT2D eigenvalue weighted by Gasteiger charge is -2.15. The van der Waals surface area contributed by atoms with E-state index in [-0.39, 0.29) is 5.78 Å². The van der Waals surface area contributed by atoms with Crippen LogP contribution in [-0.4, -0.2) is 30.9 Å². The quantitative estimate of drug-likeness (QED) is 0.792. The maximum absolute atomic E-state index is 12.3. The van der Waals surface area contributed by atoms with Crippen LogP contribution < -0.4 is 4.74 Å². The van der Waals surface area contributed by atoms with Crippen LogP contribution in [0.25, 0.3) is 0 Å². The van der Waals surface area contributed by atoms with Crippen molar-refractivity contribution in [3.05, 3.63) is 51.7 Å². The van der Waals surface area contributed by atoms with Crippen molar-refractivity contribution >= 4 is 17.1 Å². The molecule has 2 heterocycles. The molecule has 1 aliphatic heterocycles. The number of carbonyl (C=O) groups is 1. The van der Waals surface area contributed by atoms with E-state index in [1.54, 1.807) is 11.3 Å². The van der Waals surface area contributed by atoms with Gasteiger partial charge in [-0.25, -0.2) is 0 Å². The highest BCUT2D eigenvalue weighted by molar-refractivity contribution is 7.07. The number of likely N-dealkylation sites (N-methyl/N-ethyl adjacent to an activating group) is 1. The lowest BCUT2D eigenvalue weighted by molar-refractivity contribution is 0.0943. The van der Waals surface area contributed by atoms with Gasteiger partial charge in [0.2, 0.25) is 0 Å². The zero-order valence-corrected chi connectivity index (χ0v) is 12.3. The zero-order valence-electron chi connectivity index (χ0n) is 11.5. The van der Waals surface area contributed by atoms with E-state index in [4.69, 9.17) is 4.74 Å². The van der Waals surface area contributed by atoms with Gasteiger partial charge < -0.3 is 4.74 Å². The van der Waals surface area contributed by atoms with Crippen molar-refractivity contribution in [1.82, 2.24) is 4.90 Å². The number of carbonyl (C=O) groups excluding carboxylic acids is 1. The Morgan fingerprint density at radius 1 is 1.40 bits per heavy atom. The third-order valence-electron chi connectivity index (χ3n) is 3.46. The Morgan fingerprint density at radius 2 is 2.30 bits per heavy atom. The van der Waals surface area contributed by atoms with Crippen LogP contribution in [0, 0.1) is 0 Å². The molecule has 0 unspecified atom stereocenters. The first-order chi connectivity index (χ1) is 9.72. The van der Waals surface area contributed by atoms with Gasteiger partial charge in [-0.3, -0.25) is 9.69 Å². The number of thiophene rings is 1. The van der Waals surface area contributed by atoms with Gasteiger partial charge in [0, 0.05) is 18.5 Å². The summed E-state index contributed by atoms with van der Waals surface area (Å²) in [5, 5.41) is 4.18. The van der Waals surface area contributed by atoms with Gasteiger partial charge in [-0.05, 0) is 53.2 Å². The molecule has 2 aromatic rings. The molecular formula is C16H17NO2S. The van der Waals surface area contributed by atoms with Crippen LogP contribution in [0.2, 0.25) is 0 Å². The number of hydrogen-bond donors (Lipinski definition) is 0. The van der Waals surface area contributed by atoms with Crippen molar-refractivity contribution in [3.63, 3.8) is 0 Å². The van der Waals surface area contributed by atoms with Gasteiger partial charge in [0.05, 0.1) is 13.2 Å². The average molecular weight is 287 g/mol. The number of hydrogen-bond acceptors (Lipinski definition) is 4. The van der Waals surface area contributed by atoms with E-state index in [2.05, 4.69) is 16.8 Å². The van der Waals surface area contributed by atoms with Crippen LogP contribution in [0.3, 0.4) is 0 Å². The molecule has 104 valence electrons. The summed E-state index contributed by atoms with van der Waals surface area (Å²) in [5.74, 6) is 1.09. The Hall–Kier alpha value is -1.65. The van der Waals surface area contributed by atoms with Gasteiger partial charge in [-0.1, -0.05) is 0 Å². The smallest absolute Gasteiger partial charge is 0.176 e. The summed E-state index contributed by atoms with van der Waals surface area (Å²) in [4.78, 5) is 14.4.